The molecule has 134 valence electrons. The second kappa shape index (κ2) is 6.55. The summed E-state index contributed by atoms with van der Waals surface area (Å²) in [6.07, 6.45) is 0. The van der Waals surface area contributed by atoms with E-state index < -0.39 is 0 Å². The molecule has 2 nitrogen and oxygen atoms in total. The monoisotopic (exact) mass is 352 g/mol. The smallest absolute Gasteiger partial charge is 0.0494 e. The van der Waals surface area contributed by atoms with Gasteiger partial charge in [0.2, 0.25) is 0 Å². The Kier molecular flexibility index (Phi) is 4.19. The molecule has 0 saturated carbocycles. The Morgan fingerprint density at radius 2 is 1.44 bits per heavy atom. The van der Waals surface area contributed by atoms with Crippen molar-refractivity contribution in [1.82, 2.24) is 9.97 Å². The Bertz CT molecular complexity index is 1140. The van der Waals surface area contributed by atoms with E-state index in [4.69, 9.17) is 0 Å². The van der Waals surface area contributed by atoms with Gasteiger partial charge in [-0.05, 0) is 73.7 Å². The van der Waals surface area contributed by atoms with Gasteiger partial charge >= 0.3 is 0 Å². The summed E-state index contributed by atoms with van der Waals surface area (Å²) < 4.78 is 0. The van der Waals surface area contributed by atoms with Crippen molar-refractivity contribution in [1.29, 1.82) is 0 Å². The van der Waals surface area contributed by atoms with Crippen LogP contribution in [0.25, 0.3) is 38.9 Å². The van der Waals surface area contributed by atoms with E-state index in [9.17, 15) is 0 Å². The lowest BCUT2D eigenvalue weighted by atomic mass is 10.0. The van der Waals surface area contributed by atoms with Gasteiger partial charge in [0, 0.05) is 28.0 Å². The molecule has 2 heteroatoms. The zero-order valence-electron chi connectivity index (χ0n) is 16.4. The number of rotatable bonds is 3. The predicted octanol–water partition coefficient (Wildman–Crippen LogP) is 6.86. The fourth-order valence-electron chi connectivity index (χ4n) is 3.73. The highest BCUT2D eigenvalue weighted by Crippen LogP contribution is 2.33. The van der Waals surface area contributed by atoms with Crippen LogP contribution in [0.15, 0.2) is 61.2 Å². The molecule has 0 saturated heterocycles. The molecule has 0 radical (unpaired) electrons. The van der Waals surface area contributed by atoms with Crippen molar-refractivity contribution in [2.24, 2.45) is 0 Å². The van der Waals surface area contributed by atoms with E-state index in [-0.39, 0.29) is 0 Å². The molecule has 27 heavy (non-hydrogen) atoms. The molecular formula is C25H24N2. The number of aryl methyl sites for hydroxylation is 3. The van der Waals surface area contributed by atoms with Gasteiger partial charge in [0.25, 0.3) is 0 Å². The molecule has 0 spiro atoms. The largest absolute Gasteiger partial charge is 0.354 e. The minimum Gasteiger partial charge on any atom is -0.354 e. The number of aromatic amines is 1. The molecule has 0 aliphatic rings. The van der Waals surface area contributed by atoms with Crippen molar-refractivity contribution < 1.29 is 0 Å². The first kappa shape index (κ1) is 17.3. The molecule has 2 aromatic heterocycles. The first-order chi connectivity index (χ1) is 12.9. The van der Waals surface area contributed by atoms with Crippen LogP contribution in [-0.4, -0.2) is 9.97 Å². The van der Waals surface area contributed by atoms with Crippen LogP contribution in [0, 0.1) is 20.8 Å². The summed E-state index contributed by atoms with van der Waals surface area (Å²) in [7, 11) is 0. The van der Waals surface area contributed by atoms with Crippen molar-refractivity contribution in [2.75, 3.05) is 0 Å². The fraction of sp³-hybridized carbons (Fsp3) is 0.160. The van der Waals surface area contributed by atoms with Gasteiger partial charge in [-0.15, -0.1) is 0 Å². The minimum atomic E-state index is 1.05. The normalized spacial score (nSPS) is 11.1. The quantitative estimate of drug-likeness (QED) is 0.429. The molecule has 4 rings (SSSR count). The van der Waals surface area contributed by atoms with Crippen LogP contribution in [0.5, 0.6) is 0 Å². The number of pyridine rings is 1. The lowest BCUT2D eigenvalue weighted by Gasteiger charge is -2.05. The second-order valence-corrected chi connectivity index (χ2v) is 7.38. The number of H-pyrrole nitrogens is 1. The Hall–Kier alpha value is -3.13. The van der Waals surface area contributed by atoms with Crippen LogP contribution in [0.3, 0.4) is 0 Å². The third-order valence-corrected chi connectivity index (χ3v) is 5.14. The van der Waals surface area contributed by atoms with Crippen LogP contribution in [0.4, 0.5) is 0 Å². The lowest BCUT2D eigenvalue weighted by Crippen LogP contribution is -1.88. The average Bonchev–Trinajstić information content (AvgIpc) is 2.97. The molecule has 0 unspecified atom stereocenters. The Labute approximate surface area is 160 Å². The van der Waals surface area contributed by atoms with E-state index in [1.54, 1.807) is 0 Å². The minimum absolute atomic E-state index is 1.05. The first-order valence-electron chi connectivity index (χ1n) is 9.26. The van der Waals surface area contributed by atoms with Crippen molar-refractivity contribution in [2.45, 2.75) is 27.7 Å². The summed E-state index contributed by atoms with van der Waals surface area (Å²) >= 11 is 0. The van der Waals surface area contributed by atoms with E-state index >= 15 is 0 Å². The third kappa shape index (κ3) is 3.19. The summed E-state index contributed by atoms with van der Waals surface area (Å²) in [6.45, 7) is 12.3. The number of nitrogens with zero attached hydrogens (tertiary/aromatic N) is 1. The van der Waals surface area contributed by atoms with Gasteiger partial charge in [0.1, 0.15) is 0 Å². The maximum atomic E-state index is 4.49. The van der Waals surface area contributed by atoms with E-state index in [1.807, 2.05) is 20.8 Å². The maximum Gasteiger partial charge on any atom is 0.0494 e. The molecule has 0 aliphatic heterocycles. The molecule has 0 fully saturated rings. The number of allylic oxidation sites excluding steroid dienone is 1. The van der Waals surface area contributed by atoms with Crippen LogP contribution >= 0.6 is 0 Å². The van der Waals surface area contributed by atoms with Crippen LogP contribution in [0.2, 0.25) is 0 Å². The van der Waals surface area contributed by atoms with Gasteiger partial charge in [0.05, 0.1) is 0 Å². The van der Waals surface area contributed by atoms with Gasteiger partial charge < -0.3 is 4.98 Å². The Balaban J connectivity index is 1.80. The fourth-order valence-corrected chi connectivity index (χ4v) is 3.73. The summed E-state index contributed by atoms with van der Waals surface area (Å²) in [5, 5.41) is 1.26. The van der Waals surface area contributed by atoms with Crippen molar-refractivity contribution >= 4 is 16.5 Å². The highest BCUT2D eigenvalue weighted by Gasteiger charge is 2.11. The molecule has 4 aromatic rings. The molecule has 2 heterocycles. The lowest BCUT2D eigenvalue weighted by molar-refractivity contribution is 1.12. The van der Waals surface area contributed by atoms with Crippen LogP contribution < -0.4 is 0 Å². The highest BCUT2D eigenvalue weighted by molar-refractivity contribution is 5.93. The van der Waals surface area contributed by atoms with E-state index in [1.165, 1.54) is 38.9 Å². The molecular weight excluding hydrogens is 328 g/mol. The number of hydrogen-bond donors (Lipinski definition) is 1. The van der Waals surface area contributed by atoms with Crippen molar-refractivity contribution in [3.63, 3.8) is 0 Å². The summed E-state index contributed by atoms with van der Waals surface area (Å²) in [4.78, 5) is 8.12. The Morgan fingerprint density at radius 1 is 0.815 bits per heavy atom. The van der Waals surface area contributed by atoms with E-state index in [0.29, 0.717) is 0 Å². The van der Waals surface area contributed by atoms with Crippen molar-refractivity contribution in [3.05, 3.63) is 83.7 Å². The predicted molar refractivity (Wildman–Crippen MR) is 116 cm³/mol. The first-order valence-corrected chi connectivity index (χ1v) is 9.26. The number of nitrogens with one attached hydrogen (secondary N) is 1. The number of fused-ring (bicyclic) bond motifs is 1. The second-order valence-electron chi connectivity index (χ2n) is 7.38. The standard InChI is InChI=1S/C25H24N2/c1-15(2)19-6-8-20(9-7-19)25-18(5)23-11-10-21(14-24(23)27-25)22-12-16(3)26-17(4)13-22/h6-14,27H,1H2,2-5H3. The SMILES string of the molecule is C=C(C)c1ccc(-c2[nH]c3cc(-c4cc(C)nc(C)c4)ccc3c2C)cc1. The van der Waals surface area contributed by atoms with Gasteiger partial charge in [-0.3, -0.25) is 4.98 Å². The molecule has 0 amide bonds. The Morgan fingerprint density at radius 3 is 2.07 bits per heavy atom. The van der Waals surface area contributed by atoms with Gasteiger partial charge in [-0.2, -0.15) is 0 Å². The zero-order chi connectivity index (χ0) is 19.1. The van der Waals surface area contributed by atoms with Gasteiger partial charge in [-0.1, -0.05) is 48.6 Å². The topological polar surface area (TPSA) is 28.7 Å². The van der Waals surface area contributed by atoms with E-state index in [2.05, 4.69) is 78.1 Å². The van der Waals surface area contributed by atoms with E-state index in [0.717, 1.165) is 22.5 Å². The zero-order valence-corrected chi connectivity index (χ0v) is 16.4. The van der Waals surface area contributed by atoms with Crippen LogP contribution in [-0.2, 0) is 0 Å². The summed E-state index contributed by atoms with van der Waals surface area (Å²) in [5.74, 6) is 0. The number of aromatic nitrogens is 2. The molecule has 1 N–H and O–H groups in total. The third-order valence-electron chi connectivity index (χ3n) is 5.14. The van der Waals surface area contributed by atoms with Gasteiger partial charge in [-0.25, -0.2) is 0 Å². The maximum absolute atomic E-state index is 4.49. The average molecular weight is 352 g/mol. The summed E-state index contributed by atoms with van der Waals surface area (Å²) in [5.41, 5.74) is 11.6. The molecule has 0 bridgehead atoms. The van der Waals surface area contributed by atoms with Crippen LogP contribution in [0.1, 0.15) is 29.4 Å². The van der Waals surface area contributed by atoms with Crippen molar-refractivity contribution in [3.8, 4) is 22.4 Å². The molecule has 0 atom stereocenters. The number of hydrogen-bond acceptors (Lipinski definition) is 1. The highest BCUT2D eigenvalue weighted by atomic mass is 14.7. The molecule has 2 aromatic carbocycles. The molecule has 0 aliphatic carbocycles. The van der Waals surface area contributed by atoms with Gasteiger partial charge in [0.15, 0.2) is 0 Å². The number of benzene rings is 2. The summed E-state index contributed by atoms with van der Waals surface area (Å²) in [6, 6.07) is 19.5.